The number of nitrogens with two attached hydrogens (primary N) is 1. The van der Waals surface area contributed by atoms with Crippen molar-refractivity contribution in [2.24, 2.45) is 7.05 Å². The lowest BCUT2D eigenvalue weighted by atomic mass is 10.3. The largest absolute Gasteiger partial charge is 0.396 e. The first-order valence-corrected chi connectivity index (χ1v) is 5.07. The van der Waals surface area contributed by atoms with Gasteiger partial charge in [0.15, 0.2) is 5.69 Å². The Balaban J connectivity index is 2.77. The molecule has 0 atom stereocenters. The molecule has 17 heavy (non-hydrogen) atoms. The highest BCUT2D eigenvalue weighted by atomic mass is 16.2. The molecule has 7 nitrogen and oxygen atoms in total. The van der Waals surface area contributed by atoms with Crippen molar-refractivity contribution in [3.8, 4) is 0 Å². The molecule has 0 radical (unpaired) electrons. The standard InChI is InChI=1S/C10H17N5O2/c1-13(2)8(16)6-14(3)10(17)9-7(11)5-15(4)12-9/h5H,6,11H2,1-4H3. The molecule has 0 saturated carbocycles. The lowest BCUT2D eigenvalue weighted by Gasteiger charge is -2.18. The molecule has 2 amide bonds. The number of amides is 2. The van der Waals surface area contributed by atoms with Crippen LogP contribution in [0.2, 0.25) is 0 Å². The van der Waals surface area contributed by atoms with Crippen LogP contribution in [0.25, 0.3) is 0 Å². The molecular weight excluding hydrogens is 222 g/mol. The first kappa shape index (κ1) is 13.0. The van der Waals surface area contributed by atoms with Crippen LogP contribution in [0.15, 0.2) is 6.20 Å². The lowest BCUT2D eigenvalue weighted by Crippen LogP contribution is -2.38. The zero-order valence-corrected chi connectivity index (χ0v) is 10.5. The van der Waals surface area contributed by atoms with Crippen LogP contribution in [0.5, 0.6) is 0 Å². The van der Waals surface area contributed by atoms with Gasteiger partial charge in [-0.1, -0.05) is 0 Å². The Labute approximate surface area is 99.8 Å². The second-order valence-corrected chi connectivity index (χ2v) is 4.06. The van der Waals surface area contributed by atoms with Gasteiger partial charge in [0.1, 0.15) is 0 Å². The number of aromatic nitrogens is 2. The van der Waals surface area contributed by atoms with E-state index in [0.717, 1.165) is 0 Å². The molecule has 0 aromatic carbocycles. The van der Waals surface area contributed by atoms with Crippen molar-refractivity contribution in [1.82, 2.24) is 19.6 Å². The minimum absolute atomic E-state index is 0.00183. The first-order chi connectivity index (χ1) is 7.82. The monoisotopic (exact) mass is 239 g/mol. The van der Waals surface area contributed by atoms with Crippen molar-refractivity contribution in [2.75, 3.05) is 33.4 Å². The highest BCUT2D eigenvalue weighted by Crippen LogP contribution is 2.10. The van der Waals surface area contributed by atoms with Gasteiger partial charge in [0.2, 0.25) is 5.91 Å². The summed E-state index contributed by atoms with van der Waals surface area (Å²) in [5, 5.41) is 3.96. The fourth-order valence-electron chi connectivity index (χ4n) is 1.27. The maximum atomic E-state index is 11.9. The van der Waals surface area contributed by atoms with Gasteiger partial charge < -0.3 is 15.5 Å². The number of carbonyl (C=O) groups excluding carboxylic acids is 2. The van der Waals surface area contributed by atoms with Crippen LogP contribution in [0.1, 0.15) is 10.5 Å². The van der Waals surface area contributed by atoms with Crippen LogP contribution >= 0.6 is 0 Å². The SMILES string of the molecule is CN(C)C(=O)CN(C)C(=O)c1nn(C)cc1N. The van der Waals surface area contributed by atoms with Gasteiger partial charge in [-0.25, -0.2) is 0 Å². The van der Waals surface area contributed by atoms with Crippen LogP contribution in [-0.2, 0) is 11.8 Å². The maximum absolute atomic E-state index is 11.9. The quantitative estimate of drug-likeness (QED) is 0.745. The van der Waals surface area contributed by atoms with E-state index in [9.17, 15) is 9.59 Å². The van der Waals surface area contributed by atoms with Gasteiger partial charge in [0.05, 0.1) is 12.2 Å². The van der Waals surface area contributed by atoms with Gasteiger partial charge in [-0.15, -0.1) is 0 Å². The van der Waals surface area contributed by atoms with Crippen LogP contribution < -0.4 is 5.73 Å². The molecule has 0 saturated heterocycles. The number of carbonyl (C=O) groups is 2. The number of rotatable bonds is 3. The molecule has 0 aliphatic heterocycles. The molecule has 0 spiro atoms. The van der Waals surface area contributed by atoms with E-state index in [1.807, 2.05) is 0 Å². The summed E-state index contributed by atoms with van der Waals surface area (Å²) < 4.78 is 1.46. The first-order valence-electron chi connectivity index (χ1n) is 5.07. The van der Waals surface area contributed by atoms with E-state index >= 15 is 0 Å². The predicted octanol–water partition coefficient (Wildman–Crippen LogP) is -0.837. The molecule has 1 rings (SSSR count). The molecular formula is C10H17N5O2. The highest BCUT2D eigenvalue weighted by molar-refractivity contribution is 5.98. The molecule has 0 unspecified atom stereocenters. The number of nitrogens with zero attached hydrogens (tertiary/aromatic N) is 4. The number of anilines is 1. The minimum atomic E-state index is -0.363. The average Bonchev–Trinajstić information content (AvgIpc) is 2.56. The number of hydrogen-bond donors (Lipinski definition) is 1. The van der Waals surface area contributed by atoms with Gasteiger partial charge >= 0.3 is 0 Å². The van der Waals surface area contributed by atoms with Crippen molar-refractivity contribution in [1.29, 1.82) is 0 Å². The molecule has 0 bridgehead atoms. The molecule has 0 aliphatic rings. The van der Waals surface area contributed by atoms with E-state index in [0.29, 0.717) is 5.69 Å². The molecule has 0 aliphatic carbocycles. The molecule has 2 N–H and O–H groups in total. The van der Waals surface area contributed by atoms with Crippen molar-refractivity contribution in [3.63, 3.8) is 0 Å². The average molecular weight is 239 g/mol. The van der Waals surface area contributed by atoms with Gasteiger partial charge in [0.25, 0.3) is 5.91 Å². The van der Waals surface area contributed by atoms with Crippen LogP contribution in [0.4, 0.5) is 5.69 Å². The number of aryl methyl sites for hydroxylation is 1. The predicted molar refractivity (Wildman–Crippen MR) is 63.3 cm³/mol. The van der Waals surface area contributed by atoms with Crippen molar-refractivity contribution >= 4 is 17.5 Å². The molecule has 1 heterocycles. The Morgan fingerprint density at radius 2 is 2.00 bits per heavy atom. The highest BCUT2D eigenvalue weighted by Gasteiger charge is 2.20. The topological polar surface area (TPSA) is 84.5 Å². The summed E-state index contributed by atoms with van der Waals surface area (Å²) >= 11 is 0. The van der Waals surface area contributed by atoms with Gasteiger partial charge in [-0.3, -0.25) is 14.3 Å². The molecule has 0 fully saturated rings. The fraction of sp³-hybridized carbons (Fsp3) is 0.500. The molecule has 94 valence electrons. The lowest BCUT2D eigenvalue weighted by molar-refractivity contribution is -0.129. The van der Waals surface area contributed by atoms with E-state index in [1.54, 1.807) is 27.3 Å². The Morgan fingerprint density at radius 1 is 1.41 bits per heavy atom. The molecule has 1 aromatic heterocycles. The molecule has 7 heteroatoms. The zero-order valence-electron chi connectivity index (χ0n) is 10.5. The molecule has 1 aromatic rings. The summed E-state index contributed by atoms with van der Waals surface area (Å²) in [6.07, 6.45) is 1.55. The number of hydrogen-bond acceptors (Lipinski definition) is 4. The van der Waals surface area contributed by atoms with Crippen molar-refractivity contribution < 1.29 is 9.59 Å². The van der Waals surface area contributed by atoms with Gasteiger partial charge in [-0.2, -0.15) is 5.10 Å². The second-order valence-electron chi connectivity index (χ2n) is 4.06. The maximum Gasteiger partial charge on any atom is 0.276 e. The number of nitrogen functional groups attached to an aromatic ring is 1. The van der Waals surface area contributed by atoms with E-state index < -0.39 is 0 Å². The number of likely N-dealkylation sites (N-methyl/N-ethyl adjacent to an activating group) is 2. The summed E-state index contributed by atoms with van der Waals surface area (Å²) in [4.78, 5) is 26.1. The summed E-state index contributed by atoms with van der Waals surface area (Å²) in [6.45, 7) is 0.00183. The summed E-state index contributed by atoms with van der Waals surface area (Å²) in [7, 11) is 6.49. The van der Waals surface area contributed by atoms with Crippen LogP contribution in [0, 0.1) is 0 Å². The van der Waals surface area contributed by atoms with E-state index in [1.165, 1.54) is 21.5 Å². The van der Waals surface area contributed by atoms with E-state index in [4.69, 9.17) is 5.73 Å². The van der Waals surface area contributed by atoms with Crippen LogP contribution in [-0.4, -0.2) is 59.1 Å². The Morgan fingerprint density at radius 3 is 2.41 bits per heavy atom. The fourth-order valence-corrected chi connectivity index (χ4v) is 1.27. The summed E-state index contributed by atoms with van der Waals surface area (Å²) in [5.74, 6) is -0.520. The van der Waals surface area contributed by atoms with Crippen molar-refractivity contribution in [3.05, 3.63) is 11.9 Å². The second kappa shape index (κ2) is 4.86. The van der Waals surface area contributed by atoms with Gasteiger partial charge in [0, 0.05) is 34.4 Å². The zero-order chi connectivity index (χ0) is 13.2. The minimum Gasteiger partial charge on any atom is -0.396 e. The third kappa shape index (κ3) is 2.96. The third-order valence-electron chi connectivity index (χ3n) is 2.28. The summed E-state index contributed by atoms with van der Waals surface area (Å²) in [6, 6.07) is 0. The van der Waals surface area contributed by atoms with Crippen molar-refractivity contribution in [2.45, 2.75) is 0 Å². The van der Waals surface area contributed by atoms with E-state index in [2.05, 4.69) is 5.10 Å². The van der Waals surface area contributed by atoms with Gasteiger partial charge in [-0.05, 0) is 0 Å². The Bertz CT molecular complexity index is 438. The van der Waals surface area contributed by atoms with E-state index in [-0.39, 0.29) is 24.1 Å². The third-order valence-corrected chi connectivity index (χ3v) is 2.28. The Kier molecular flexibility index (Phi) is 3.72. The Hall–Kier alpha value is -2.05. The summed E-state index contributed by atoms with van der Waals surface area (Å²) in [5.41, 5.74) is 6.12. The van der Waals surface area contributed by atoms with Crippen LogP contribution in [0.3, 0.4) is 0 Å². The normalized spacial score (nSPS) is 10.1. The smallest absolute Gasteiger partial charge is 0.276 e.